The van der Waals surface area contributed by atoms with Crippen LogP contribution in [0.4, 0.5) is 0 Å². The van der Waals surface area contributed by atoms with Crippen LogP contribution < -0.4 is 0 Å². The molecule has 2 nitrogen and oxygen atoms in total. The van der Waals surface area contributed by atoms with Crippen molar-refractivity contribution in [3.63, 3.8) is 0 Å². The van der Waals surface area contributed by atoms with Crippen molar-refractivity contribution in [3.8, 4) is 11.8 Å². The molecule has 0 amide bonds. The number of thiophene rings is 1. The summed E-state index contributed by atoms with van der Waals surface area (Å²) in [5.74, 6) is 6.04. The number of aliphatic hydroxyl groups excluding tert-OH is 1. The van der Waals surface area contributed by atoms with E-state index >= 15 is 0 Å². The van der Waals surface area contributed by atoms with Gasteiger partial charge in [-0.25, -0.2) is 0 Å². The summed E-state index contributed by atoms with van der Waals surface area (Å²) in [7, 11) is 0. The predicted molar refractivity (Wildman–Crippen MR) is 78.8 cm³/mol. The fraction of sp³-hybridized carbons (Fsp3) is 0.600. The van der Waals surface area contributed by atoms with Gasteiger partial charge in [0.2, 0.25) is 0 Å². The molecule has 18 heavy (non-hydrogen) atoms. The zero-order chi connectivity index (χ0) is 13.2. The molecule has 0 radical (unpaired) electrons. The van der Waals surface area contributed by atoms with E-state index in [4.69, 9.17) is 5.11 Å². The fourth-order valence-corrected chi connectivity index (χ4v) is 2.56. The molecule has 0 aliphatic carbocycles. The van der Waals surface area contributed by atoms with Crippen molar-refractivity contribution in [2.45, 2.75) is 39.7 Å². The summed E-state index contributed by atoms with van der Waals surface area (Å²) >= 11 is 1.78. The summed E-state index contributed by atoms with van der Waals surface area (Å²) in [4.78, 5) is 3.85. The molecule has 0 bridgehead atoms. The van der Waals surface area contributed by atoms with Crippen molar-refractivity contribution in [1.82, 2.24) is 4.90 Å². The van der Waals surface area contributed by atoms with Crippen molar-refractivity contribution in [3.05, 3.63) is 21.9 Å². The minimum absolute atomic E-state index is 0.143. The Morgan fingerprint density at radius 3 is 2.89 bits per heavy atom. The molecule has 0 saturated carbocycles. The Morgan fingerprint density at radius 2 is 2.22 bits per heavy atom. The molecule has 0 saturated heterocycles. The number of hydrogen-bond donors (Lipinski definition) is 1. The quantitative estimate of drug-likeness (QED) is 0.766. The predicted octanol–water partition coefficient (Wildman–Crippen LogP) is 3.10. The minimum atomic E-state index is 0.143. The first kappa shape index (κ1) is 15.2. The number of nitrogens with zero attached hydrogens (tertiary/aromatic N) is 1. The first-order valence-corrected chi connectivity index (χ1v) is 7.57. The highest BCUT2D eigenvalue weighted by Gasteiger charge is 2.05. The van der Waals surface area contributed by atoms with Crippen LogP contribution in [-0.4, -0.2) is 29.7 Å². The Labute approximate surface area is 115 Å². The zero-order valence-corrected chi connectivity index (χ0v) is 12.2. The van der Waals surface area contributed by atoms with Gasteiger partial charge in [-0.15, -0.1) is 11.3 Å². The third kappa shape index (κ3) is 5.68. The molecular weight excluding hydrogens is 242 g/mol. The Morgan fingerprint density at radius 1 is 1.39 bits per heavy atom. The van der Waals surface area contributed by atoms with Gasteiger partial charge in [-0.2, -0.15) is 0 Å². The molecule has 1 aromatic rings. The summed E-state index contributed by atoms with van der Waals surface area (Å²) in [6, 6.07) is 2.17. The van der Waals surface area contributed by atoms with E-state index in [1.807, 2.05) is 0 Å². The van der Waals surface area contributed by atoms with Gasteiger partial charge in [0.15, 0.2) is 0 Å². The maximum atomic E-state index is 8.68. The molecule has 1 aromatic heterocycles. The fourth-order valence-electron chi connectivity index (χ4n) is 1.70. The number of rotatable bonds is 7. The van der Waals surface area contributed by atoms with E-state index in [0.717, 1.165) is 18.7 Å². The first-order valence-electron chi connectivity index (χ1n) is 6.69. The van der Waals surface area contributed by atoms with Gasteiger partial charge in [0.25, 0.3) is 0 Å². The zero-order valence-electron chi connectivity index (χ0n) is 11.4. The summed E-state index contributed by atoms with van der Waals surface area (Å²) in [6.45, 7) is 7.90. The van der Waals surface area contributed by atoms with Crippen molar-refractivity contribution in [2.75, 3.05) is 19.7 Å². The topological polar surface area (TPSA) is 23.5 Å². The second-order valence-corrected chi connectivity index (χ2v) is 5.30. The Kier molecular flexibility index (Phi) is 7.75. The molecule has 0 aromatic carbocycles. The van der Waals surface area contributed by atoms with Gasteiger partial charge in [0, 0.05) is 28.8 Å². The molecule has 1 N–H and O–H groups in total. The number of unbranched alkanes of at least 4 members (excludes halogenated alkanes) is 1. The minimum Gasteiger partial charge on any atom is -0.395 e. The second kappa shape index (κ2) is 9.16. The summed E-state index contributed by atoms with van der Waals surface area (Å²) < 4.78 is 0. The van der Waals surface area contributed by atoms with Gasteiger partial charge < -0.3 is 5.11 Å². The van der Waals surface area contributed by atoms with Crippen LogP contribution in [0, 0.1) is 11.8 Å². The van der Waals surface area contributed by atoms with E-state index in [9.17, 15) is 0 Å². The normalized spacial score (nSPS) is 10.4. The van der Waals surface area contributed by atoms with Gasteiger partial charge >= 0.3 is 0 Å². The van der Waals surface area contributed by atoms with Crippen LogP contribution in [0.3, 0.4) is 0 Å². The van der Waals surface area contributed by atoms with Crippen molar-refractivity contribution < 1.29 is 5.11 Å². The van der Waals surface area contributed by atoms with Crippen molar-refractivity contribution >= 4 is 11.3 Å². The first-order chi connectivity index (χ1) is 8.80. The molecule has 0 aliphatic rings. The van der Waals surface area contributed by atoms with Crippen LogP contribution >= 0.6 is 11.3 Å². The Balaban J connectivity index is 2.49. The summed E-state index contributed by atoms with van der Waals surface area (Å²) in [5, 5.41) is 10.8. The number of hydrogen-bond acceptors (Lipinski definition) is 3. The van der Waals surface area contributed by atoms with Crippen LogP contribution in [0.1, 0.15) is 43.6 Å². The van der Waals surface area contributed by atoms with E-state index in [1.165, 1.54) is 24.3 Å². The van der Waals surface area contributed by atoms with Crippen molar-refractivity contribution in [2.24, 2.45) is 0 Å². The van der Waals surface area contributed by atoms with E-state index in [2.05, 4.69) is 42.0 Å². The average molecular weight is 265 g/mol. The van der Waals surface area contributed by atoms with Crippen LogP contribution in [0.2, 0.25) is 0 Å². The van der Waals surface area contributed by atoms with Gasteiger partial charge in [0.05, 0.1) is 6.61 Å². The monoisotopic (exact) mass is 265 g/mol. The lowest BCUT2D eigenvalue weighted by molar-refractivity contribution is 0.278. The van der Waals surface area contributed by atoms with E-state index in [0.29, 0.717) is 6.42 Å². The molecule has 0 aliphatic heterocycles. The molecule has 100 valence electrons. The average Bonchev–Trinajstić information content (AvgIpc) is 2.82. The van der Waals surface area contributed by atoms with Crippen LogP contribution in [0.15, 0.2) is 11.4 Å². The molecular formula is C15H23NOS. The SMILES string of the molecule is CCCCN(CC)Cc1cc(C#CCCO)cs1. The smallest absolute Gasteiger partial charge is 0.0540 e. The van der Waals surface area contributed by atoms with E-state index in [1.54, 1.807) is 11.3 Å². The highest BCUT2D eigenvalue weighted by molar-refractivity contribution is 7.10. The lowest BCUT2D eigenvalue weighted by Crippen LogP contribution is -2.23. The maximum absolute atomic E-state index is 8.68. The highest BCUT2D eigenvalue weighted by Crippen LogP contribution is 2.16. The Hall–Kier alpha value is -0.820. The van der Waals surface area contributed by atoms with Crippen molar-refractivity contribution in [1.29, 1.82) is 0 Å². The Bertz CT molecular complexity index is 389. The third-order valence-corrected chi connectivity index (χ3v) is 3.70. The van der Waals surface area contributed by atoms with E-state index in [-0.39, 0.29) is 6.61 Å². The standard InChI is InChI=1S/C15H23NOS/c1-3-5-9-16(4-2)12-15-11-14(13-18-15)8-6-7-10-17/h11,13,17H,3-5,7,9-10,12H2,1-2H3. The number of aliphatic hydroxyl groups is 1. The van der Waals surface area contributed by atoms with E-state index < -0.39 is 0 Å². The second-order valence-electron chi connectivity index (χ2n) is 4.30. The van der Waals surface area contributed by atoms with Crippen LogP contribution in [0.25, 0.3) is 0 Å². The van der Waals surface area contributed by atoms with Gasteiger partial charge in [-0.05, 0) is 25.6 Å². The molecule has 1 heterocycles. The molecule has 0 unspecified atom stereocenters. The molecule has 3 heteroatoms. The lowest BCUT2D eigenvalue weighted by Gasteiger charge is -2.18. The maximum Gasteiger partial charge on any atom is 0.0540 e. The van der Waals surface area contributed by atoms with Crippen LogP contribution in [0.5, 0.6) is 0 Å². The summed E-state index contributed by atoms with van der Waals surface area (Å²) in [5.41, 5.74) is 1.08. The lowest BCUT2D eigenvalue weighted by atomic mass is 10.2. The largest absolute Gasteiger partial charge is 0.395 e. The molecule has 1 rings (SSSR count). The molecule has 0 spiro atoms. The summed E-state index contributed by atoms with van der Waals surface area (Å²) in [6.07, 6.45) is 3.07. The molecule has 0 atom stereocenters. The highest BCUT2D eigenvalue weighted by atomic mass is 32.1. The van der Waals surface area contributed by atoms with Crippen LogP contribution in [-0.2, 0) is 6.54 Å². The van der Waals surface area contributed by atoms with Gasteiger partial charge in [-0.3, -0.25) is 4.90 Å². The van der Waals surface area contributed by atoms with Gasteiger partial charge in [-0.1, -0.05) is 32.1 Å². The third-order valence-electron chi connectivity index (χ3n) is 2.78. The molecule has 0 fully saturated rings. The van der Waals surface area contributed by atoms with Gasteiger partial charge in [0.1, 0.15) is 0 Å².